The molecule has 4 aliphatic heterocycles. The highest BCUT2D eigenvalue weighted by atomic mass is 32.2. The Morgan fingerprint density at radius 1 is 0.504 bits per heavy atom. The molecule has 14 rings (SSSR count). The molecule has 0 fully saturated rings. The van der Waals surface area contributed by atoms with Crippen LogP contribution in [0.2, 0.25) is 0 Å². The molecule has 5 atom stereocenters. The number of carbonyl (C=O) groups is 6. The molecule has 6 N–H and O–H groups in total. The standard InChI is InChI=1S/C19H19NO3.C17H21NO4.C17H21NO3.C16H19NO3S.C16H13NOS.C14H15NO4/c1-13(2)18(23-22)11-12-20-16-9-5-3-7-14(16)19(21)15-8-4-6-10-17(15)20;1-11(2)16(22-21)5-3-4-14(19)9-12-6-7-15-13(8-12)10-17(20)18-15;1-12(2)17(21-20)9-5-7-15(19)11-14-10-13-6-3-4-8-16(13)18-14;1-11(2)14(20-19)8-5-9-16(18)21-15-10-12-6-3-4-7-13(12)17-15;1-2-12-7-9-13(10-8-12)11-19-16-17-14-5-3-4-6-15(14)18-16;1-9(2)12(19-18)7-8-15-13(16)10-5-3-4-6-11(10)14(15)17/h3-10,18,22H,1,11-12H2,2H3;6-8,16,21H,1,3-5,9-10H2,2H3,(H,18,20);3-4,6,8,17,20H,1,5,7,9-11H2,2H3;3-4,6-7,14,19H,1,5,8-10H2,2H3;2-10H,1,11H2;3-6,12,18H,1,7-8H2,2H3. The van der Waals surface area contributed by atoms with Gasteiger partial charge in [-0.1, -0.05) is 179 Å². The number of ketones is 2. The van der Waals surface area contributed by atoms with E-state index in [1.54, 1.807) is 63.7 Å². The van der Waals surface area contributed by atoms with E-state index in [9.17, 15) is 33.6 Å². The summed E-state index contributed by atoms with van der Waals surface area (Å²) in [6.45, 7) is 32.2. The summed E-state index contributed by atoms with van der Waals surface area (Å²) in [5, 5.41) is 49.8. The number of pyridine rings is 1. The molecule has 0 saturated carbocycles. The first-order valence-corrected chi connectivity index (χ1v) is 42.9. The van der Waals surface area contributed by atoms with Crippen LogP contribution >= 0.6 is 23.5 Å². The maximum atomic E-state index is 12.7. The number of hydrogen-bond donors (Lipinski definition) is 6. The fourth-order valence-corrected chi connectivity index (χ4v) is 15.8. The van der Waals surface area contributed by atoms with E-state index in [0.717, 1.165) is 108 Å². The van der Waals surface area contributed by atoms with Crippen molar-refractivity contribution in [2.24, 2.45) is 9.98 Å². The predicted molar refractivity (Wildman–Crippen MR) is 494 cm³/mol. The first kappa shape index (κ1) is 97.2. The normalized spacial score (nSPS) is 13.7. The third-order valence-corrected chi connectivity index (χ3v) is 22.8. The highest BCUT2D eigenvalue weighted by Gasteiger charge is 2.35. The van der Waals surface area contributed by atoms with Crippen molar-refractivity contribution in [3.05, 3.63) is 310 Å². The Morgan fingerprint density at radius 3 is 1.49 bits per heavy atom. The number of aryl methyl sites for hydroxylation is 1. The lowest BCUT2D eigenvalue weighted by molar-refractivity contribution is -0.269. The Morgan fingerprint density at radius 2 is 0.968 bits per heavy atom. The van der Waals surface area contributed by atoms with Crippen molar-refractivity contribution in [1.82, 2.24) is 14.5 Å². The molecule has 24 nitrogen and oxygen atoms in total. The number of carbonyl (C=O) groups excluding carboxylic acids is 6. The van der Waals surface area contributed by atoms with E-state index < -0.39 is 24.4 Å². The minimum absolute atomic E-state index is 0.00619. The molecular weight excluding hydrogens is 1630 g/mol. The summed E-state index contributed by atoms with van der Waals surface area (Å²) in [4.78, 5) is 120. The Hall–Kier alpha value is -11.6. The summed E-state index contributed by atoms with van der Waals surface area (Å²) in [6, 6.07) is 59.6. The lowest BCUT2D eigenvalue weighted by Crippen LogP contribution is -2.33. The minimum Gasteiger partial charge on any atom is -0.431 e. The molecule has 0 saturated heterocycles. The number of amides is 3. The molecule has 125 heavy (non-hydrogen) atoms. The molecule has 6 heterocycles. The number of hydrogen-bond acceptors (Lipinski definition) is 23. The number of Topliss-reactive ketones (excluding diaryl/α,β-unsaturated/α-hetero) is 2. The van der Waals surface area contributed by atoms with Crippen molar-refractivity contribution in [2.45, 2.75) is 185 Å². The number of thioether (sulfide) groups is 2. The minimum atomic E-state index is -0.579. The van der Waals surface area contributed by atoms with E-state index in [1.165, 1.54) is 33.4 Å². The number of oxazole rings is 1. The van der Waals surface area contributed by atoms with Gasteiger partial charge in [0.1, 0.15) is 47.6 Å². The molecule has 2 aromatic heterocycles. The van der Waals surface area contributed by atoms with Crippen LogP contribution in [0.5, 0.6) is 0 Å². The third kappa shape index (κ3) is 28.7. The Bertz CT molecular complexity index is 5430. The van der Waals surface area contributed by atoms with Crippen molar-refractivity contribution in [1.29, 1.82) is 0 Å². The summed E-state index contributed by atoms with van der Waals surface area (Å²) < 4.78 is 7.77. The highest BCUT2D eigenvalue weighted by Crippen LogP contribution is 2.34. The van der Waals surface area contributed by atoms with Gasteiger partial charge in [-0.15, -0.1) is 0 Å². The number of anilines is 1. The number of aromatic nitrogens is 2. The second-order valence-electron chi connectivity index (χ2n) is 30.9. The molecule has 3 amide bonds. The summed E-state index contributed by atoms with van der Waals surface area (Å²) in [5.74, 6) is 0.548. The Labute approximate surface area is 736 Å². The highest BCUT2D eigenvalue weighted by molar-refractivity contribution is 8.26. The monoisotopic (exact) mass is 1730 g/mol. The average molecular weight is 1730 g/mol. The smallest absolute Gasteiger partial charge is 0.261 e. The Balaban J connectivity index is 0.000000170. The zero-order valence-corrected chi connectivity index (χ0v) is 72.8. The SMILES string of the molecule is C=C(C)C(CCCC(=O)CC1=Nc2ccccc2C1)OO.C=C(C)C(CCCC(=O)Cc1ccc2c(c1)CC(=O)N2)OO.C=C(C)C(CCCC(=O)SC1=Nc2ccccc2C1)OO.C=C(C)C(CCN1C(=O)c2ccccc2C1=O)OO.C=C(C)C(CCn1c2ccccc2c(=O)c2ccccc21)OO.C=Cc1ccc(CSc2nc3ccccc3o2)cc1. The van der Waals surface area contributed by atoms with Crippen molar-refractivity contribution < 1.29 is 83.9 Å². The van der Waals surface area contributed by atoms with Gasteiger partial charge in [-0.2, -0.15) is 0 Å². The number of benzene rings is 8. The zero-order valence-electron chi connectivity index (χ0n) is 71.1. The van der Waals surface area contributed by atoms with Crippen molar-refractivity contribution in [2.75, 3.05) is 11.9 Å². The number of para-hydroxylation sites is 6. The molecule has 0 spiro atoms. The van der Waals surface area contributed by atoms with Gasteiger partial charge in [-0.25, -0.2) is 34.4 Å². The fourth-order valence-electron chi connectivity index (χ4n) is 14.1. The van der Waals surface area contributed by atoms with Crippen LogP contribution in [0.3, 0.4) is 0 Å². The Kier molecular flexibility index (Phi) is 38.3. The van der Waals surface area contributed by atoms with E-state index in [-0.39, 0.29) is 52.5 Å². The average Bonchev–Trinajstić information content (AvgIpc) is 1.62. The summed E-state index contributed by atoms with van der Waals surface area (Å²) in [7, 11) is 0. The summed E-state index contributed by atoms with van der Waals surface area (Å²) in [5.41, 5.74) is 18.4. The van der Waals surface area contributed by atoms with Gasteiger partial charge in [0.25, 0.3) is 17.0 Å². The van der Waals surface area contributed by atoms with Crippen LogP contribution in [0, 0.1) is 0 Å². The molecule has 0 aliphatic carbocycles. The molecule has 5 unspecified atom stereocenters. The van der Waals surface area contributed by atoms with Gasteiger partial charge in [0.05, 0.1) is 45.0 Å². The van der Waals surface area contributed by atoms with E-state index in [0.29, 0.717) is 129 Å². The van der Waals surface area contributed by atoms with Crippen LogP contribution in [0.15, 0.2) is 280 Å². The van der Waals surface area contributed by atoms with Crippen LogP contribution < -0.4 is 10.7 Å². The fraction of sp³-hybridized carbons (Fsp3) is 0.293. The topological polar surface area (TPSA) is 338 Å². The molecular formula is C99H108N6O18S2. The van der Waals surface area contributed by atoms with Gasteiger partial charge in [0.15, 0.2) is 16.1 Å². The first-order chi connectivity index (χ1) is 60.2. The van der Waals surface area contributed by atoms with Gasteiger partial charge >= 0.3 is 0 Å². The zero-order chi connectivity index (χ0) is 90.1. The molecule has 10 aromatic rings. The van der Waals surface area contributed by atoms with E-state index in [1.807, 2.05) is 153 Å². The summed E-state index contributed by atoms with van der Waals surface area (Å²) >= 11 is 2.83. The quantitative estimate of drug-likeness (QED) is 0.00530. The molecule has 8 aromatic carbocycles. The maximum Gasteiger partial charge on any atom is 0.261 e. The number of nitrogens with zero attached hydrogens (tertiary/aromatic N) is 5. The number of nitrogens with one attached hydrogen (secondary N) is 1. The molecule has 0 radical (unpaired) electrons. The third-order valence-electron chi connectivity index (χ3n) is 21.0. The molecule has 654 valence electrons. The maximum absolute atomic E-state index is 12.7. The van der Waals surface area contributed by atoms with Gasteiger partial charge in [-0.05, 0) is 226 Å². The molecule has 0 bridgehead atoms. The number of aliphatic imine (C=N–C) groups is 2. The molecule has 26 heteroatoms. The lowest BCUT2D eigenvalue weighted by Gasteiger charge is -2.18. The van der Waals surface area contributed by atoms with Crippen LogP contribution in [-0.4, -0.2) is 123 Å². The summed E-state index contributed by atoms with van der Waals surface area (Å²) in [6.07, 6.45) is 8.28. The van der Waals surface area contributed by atoms with Crippen LogP contribution in [0.4, 0.5) is 17.1 Å². The molecule has 4 aliphatic rings. The second-order valence-corrected chi connectivity index (χ2v) is 32.9. The second kappa shape index (κ2) is 49.2. The van der Waals surface area contributed by atoms with Crippen molar-refractivity contribution in [3.63, 3.8) is 0 Å². The largest absolute Gasteiger partial charge is 0.431 e. The number of rotatable bonds is 36. The van der Waals surface area contributed by atoms with Crippen LogP contribution in [0.25, 0.3) is 39.0 Å². The van der Waals surface area contributed by atoms with Crippen LogP contribution in [0.1, 0.15) is 166 Å². The van der Waals surface area contributed by atoms with Gasteiger partial charge in [0, 0.05) is 86.0 Å². The number of fused-ring (bicyclic) bond motifs is 7. The van der Waals surface area contributed by atoms with Crippen molar-refractivity contribution >= 4 is 125 Å². The van der Waals surface area contributed by atoms with Crippen molar-refractivity contribution in [3.8, 4) is 0 Å². The van der Waals surface area contributed by atoms with E-state index in [2.05, 4.69) is 113 Å². The first-order valence-electron chi connectivity index (χ1n) is 41.1. The lowest BCUT2D eigenvalue weighted by atomic mass is 10.00. The predicted octanol–water partition coefficient (Wildman–Crippen LogP) is 21.8. The van der Waals surface area contributed by atoms with Gasteiger partial charge < -0.3 is 14.3 Å². The van der Waals surface area contributed by atoms with Gasteiger partial charge in [-0.3, -0.25) is 69.7 Å². The van der Waals surface area contributed by atoms with E-state index >= 15 is 0 Å². The number of imide groups is 1. The van der Waals surface area contributed by atoms with Gasteiger partial charge in [0.2, 0.25) is 5.91 Å². The van der Waals surface area contributed by atoms with E-state index in [4.69, 9.17) is 30.7 Å². The van der Waals surface area contributed by atoms with Crippen LogP contribution in [-0.2, 0) is 81.6 Å².